The lowest BCUT2D eigenvalue weighted by Gasteiger charge is -2.21. The van der Waals surface area contributed by atoms with E-state index in [2.05, 4.69) is 30.0 Å². The SMILES string of the molecule is CC(N)Cc1ccn(CCC2CCCCC2)c1. The molecular weight excluding hydrogens is 208 g/mol. The summed E-state index contributed by atoms with van der Waals surface area (Å²) in [5.41, 5.74) is 7.19. The second-order valence-electron chi connectivity index (χ2n) is 5.73. The summed E-state index contributed by atoms with van der Waals surface area (Å²) < 4.78 is 2.34. The Balaban J connectivity index is 1.76. The largest absolute Gasteiger partial charge is 0.354 e. The molecule has 0 saturated heterocycles. The van der Waals surface area contributed by atoms with Gasteiger partial charge >= 0.3 is 0 Å². The van der Waals surface area contributed by atoms with Gasteiger partial charge < -0.3 is 10.3 Å². The van der Waals surface area contributed by atoms with E-state index in [9.17, 15) is 0 Å². The molecule has 0 amide bonds. The topological polar surface area (TPSA) is 30.9 Å². The fourth-order valence-corrected chi connectivity index (χ4v) is 2.93. The van der Waals surface area contributed by atoms with E-state index in [0.29, 0.717) is 0 Å². The van der Waals surface area contributed by atoms with Crippen LogP contribution in [0, 0.1) is 5.92 Å². The second-order valence-corrected chi connectivity index (χ2v) is 5.73. The molecule has 1 saturated carbocycles. The van der Waals surface area contributed by atoms with E-state index in [0.717, 1.165) is 12.3 Å². The van der Waals surface area contributed by atoms with E-state index >= 15 is 0 Å². The standard InChI is InChI=1S/C15H26N2/c1-13(16)11-15-8-10-17(12-15)9-7-14-5-3-2-4-6-14/h8,10,12-14H,2-7,9,11,16H2,1H3. The van der Waals surface area contributed by atoms with Crippen LogP contribution in [-0.2, 0) is 13.0 Å². The van der Waals surface area contributed by atoms with Crippen LogP contribution in [0.4, 0.5) is 0 Å². The monoisotopic (exact) mass is 234 g/mol. The minimum absolute atomic E-state index is 0.268. The third-order valence-electron chi connectivity index (χ3n) is 3.89. The van der Waals surface area contributed by atoms with Crippen LogP contribution in [0.15, 0.2) is 18.5 Å². The Labute approximate surface area is 105 Å². The van der Waals surface area contributed by atoms with Crippen molar-refractivity contribution in [3.63, 3.8) is 0 Å². The highest BCUT2D eigenvalue weighted by Gasteiger charge is 2.13. The van der Waals surface area contributed by atoms with Gasteiger partial charge in [-0.1, -0.05) is 32.1 Å². The lowest BCUT2D eigenvalue weighted by Crippen LogP contribution is -2.17. The van der Waals surface area contributed by atoms with Crippen molar-refractivity contribution in [2.75, 3.05) is 0 Å². The molecule has 1 unspecified atom stereocenters. The van der Waals surface area contributed by atoms with E-state index in [1.165, 1.54) is 50.6 Å². The molecule has 0 spiro atoms. The summed E-state index contributed by atoms with van der Waals surface area (Å²) in [6.45, 7) is 3.25. The van der Waals surface area contributed by atoms with Crippen molar-refractivity contribution in [2.45, 2.75) is 64.5 Å². The van der Waals surface area contributed by atoms with Crippen LogP contribution in [0.5, 0.6) is 0 Å². The zero-order valence-corrected chi connectivity index (χ0v) is 11.1. The van der Waals surface area contributed by atoms with Crippen LogP contribution in [0.3, 0.4) is 0 Å². The fraction of sp³-hybridized carbons (Fsp3) is 0.733. The summed E-state index contributed by atoms with van der Waals surface area (Å²) in [7, 11) is 0. The molecule has 2 rings (SSSR count). The molecule has 2 N–H and O–H groups in total. The van der Waals surface area contributed by atoms with Crippen molar-refractivity contribution < 1.29 is 0 Å². The summed E-state index contributed by atoms with van der Waals surface area (Å²) >= 11 is 0. The third kappa shape index (κ3) is 4.19. The van der Waals surface area contributed by atoms with Gasteiger partial charge in [-0.25, -0.2) is 0 Å². The predicted molar refractivity (Wildman–Crippen MR) is 73.0 cm³/mol. The molecule has 2 nitrogen and oxygen atoms in total. The Kier molecular flexibility index (Phi) is 4.66. The van der Waals surface area contributed by atoms with E-state index in [4.69, 9.17) is 5.73 Å². The number of nitrogens with two attached hydrogens (primary N) is 1. The highest BCUT2D eigenvalue weighted by atomic mass is 14.9. The van der Waals surface area contributed by atoms with Gasteiger partial charge in [-0.15, -0.1) is 0 Å². The average Bonchev–Trinajstić information content (AvgIpc) is 2.75. The maximum atomic E-state index is 5.82. The molecule has 1 aliphatic carbocycles. The van der Waals surface area contributed by atoms with Gasteiger partial charge in [-0.3, -0.25) is 0 Å². The molecular formula is C15H26N2. The van der Waals surface area contributed by atoms with Crippen molar-refractivity contribution in [3.8, 4) is 0 Å². The first-order valence-corrected chi connectivity index (χ1v) is 7.14. The van der Waals surface area contributed by atoms with Crippen LogP contribution >= 0.6 is 0 Å². The minimum Gasteiger partial charge on any atom is -0.354 e. The van der Waals surface area contributed by atoms with Gasteiger partial charge in [0.2, 0.25) is 0 Å². The molecule has 2 heteroatoms. The van der Waals surface area contributed by atoms with E-state index < -0.39 is 0 Å². The number of rotatable bonds is 5. The Morgan fingerprint density at radius 2 is 2.12 bits per heavy atom. The van der Waals surface area contributed by atoms with Crippen LogP contribution in [-0.4, -0.2) is 10.6 Å². The van der Waals surface area contributed by atoms with E-state index in [1.54, 1.807) is 0 Å². The molecule has 0 aromatic carbocycles. The molecule has 17 heavy (non-hydrogen) atoms. The molecule has 1 atom stereocenters. The zero-order chi connectivity index (χ0) is 12.1. The third-order valence-corrected chi connectivity index (χ3v) is 3.89. The first-order valence-electron chi connectivity index (χ1n) is 7.14. The van der Waals surface area contributed by atoms with Crippen LogP contribution in [0.2, 0.25) is 0 Å². The van der Waals surface area contributed by atoms with Crippen molar-refractivity contribution in [1.29, 1.82) is 0 Å². The van der Waals surface area contributed by atoms with Gasteiger partial charge in [0.1, 0.15) is 0 Å². The minimum atomic E-state index is 0.268. The number of nitrogens with zero attached hydrogens (tertiary/aromatic N) is 1. The van der Waals surface area contributed by atoms with Gasteiger partial charge in [-0.2, -0.15) is 0 Å². The first-order chi connectivity index (χ1) is 8.24. The summed E-state index contributed by atoms with van der Waals surface area (Å²) in [6, 6.07) is 2.48. The maximum Gasteiger partial charge on any atom is 0.0222 e. The van der Waals surface area contributed by atoms with Crippen molar-refractivity contribution in [3.05, 3.63) is 24.0 Å². The number of hydrogen-bond acceptors (Lipinski definition) is 1. The molecule has 0 radical (unpaired) electrons. The van der Waals surface area contributed by atoms with Crippen LogP contribution < -0.4 is 5.73 Å². The van der Waals surface area contributed by atoms with E-state index in [1.807, 2.05) is 0 Å². The van der Waals surface area contributed by atoms with Crippen LogP contribution in [0.1, 0.15) is 51.0 Å². The smallest absolute Gasteiger partial charge is 0.0222 e. The first kappa shape index (κ1) is 12.7. The number of hydrogen-bond donors (Lipinski definition) is 1. The van der Waals surface area contributed by atoms with Gasteiger partial charge in [0.25, 0.3) is 0 Å². The normalized spacial score (nSPS) is 19.4. The van der Waals surface area contributed by atoms with Crippen molar-refractivity contribution in [1.82, 2.24) is 4.57 Å². The van der Waals surface area contributed by atoms with Crippen molar-refractivity contribution >= 4 is 0 Å². The summed E-state index contributed by atoms with van der Waals surface area (Å²) in [5, 5.41) is 0. The van der Waals surface area contributed by atoms with E-state index in [-0.39, 0.29) is 6.04 Å². The van der Waals surface area contributed by atoms with Gasteiger partial charge in [0, 0.05) is 25.0 Å². The Morgan fingerprint density at radius 3 is 2.82 bits per heavy atom. The summed E-state index contributed by atoms with van der Waals surface area (Å²) in [6.07, 6.45) is 14.1. The number of aryl methyl sites for hydroxylation is 1. The van der Waals surface area contributed by atoms with Gasteiger partial charge in [-0.05, 0) is 37.3 Å². The summed E-state index contributed by atoms with van der Waals surface area (Å²) in [5.74, 6) is 0.975. The molecule has 1 heterocycles. The van der Waals surface area contributed by atoms with Gasteiger partial charge in [0.05, 0.1) is 0 Å². The maximum absolute atomic E-state index is 5.82. The molecule has 0 aliphatic heterocycles. The Hall–Kier alpha value is -0.760. The van der Waals surface area contributed by atoms with Crippen LogP contribution in [0.25, 0.3) is 0 Å². The molecule has 1 aromatic heterocycles. The van der Waals surface area contributed by atoms with Crippen molar-refractivity contribution in [2.24, 2.45) is 11.7 Å². The lowest BCUT2D eigenvalue weighted by atomic mass is 9.87. The lowest BCUT2D eigenvalue weighted by molar-refractivity contribution is 0.324. The quantitative estimate of drug-likeness (QED) is 0.832. The molecule has 1 aliphatic rings. The summed E-state index contributed by atoms with van der Waals surface area (Å²) in [4.78, 5) is 0. The Bertz CT molecular complexity index is 321. The molecule has 1 aromatic rings. The molecule has 1 fully saturated rings. The highest BCUT2D eigenvalue weighted by Crippen LogP contribution is 2.26. The molecule has 96 valence electrons. The highest BCUT2D eigenvalue weighted by molar-refractivity contribution is 5.11. The second kappa shape index (κ2) is 6.25. The predicted octanol–water partition coefficient (Wildman–Crippen LogP) is 3.35. The fourth-order valence-electron chi connectivity index (χ4n) is 2.93. The van der Waals surface area contributed by atoms with Gasteiger partial charge in [0.15, 0.2) is 0 Å². The average molecular weight is 234 g/mol. The Morgan fingerprint density at radius 1 is 1.35 bits per heavy atom. The zero-order valence-electron chi connectivity index (χ0n) is 11.1. The number of aromatic nitrogens is 1. The molecule has 0 bridgehead atoms.